The zero-order valence-electron chi connectivity index (χ0n) is 34.5. The van der Waals surface area contributed by atoms with Gasteiger partial charge in [-0.15, -0.1) is 0 Å². The molecule has 0 saturated carbocycles. The molecule has 0 unspecified atom stereocenters. The van der Waals surface area contributed by atoms with Gasteiger partial charge in [-0.05, 0) is 110 Å². The lowest BCUT2D eigenvalue weighted by atomic mass is 9.67. The van der Waals surface area contributed by atoms with Crippen LogP contribution in [0.4, 0.5) is 17.1 Å². The molecule has 10 aromatic carbocycles. The molecule has 0 bridgehead atoms. The molecule has 0 amide bonds. The predicted molar refractivity (Wildman–Crippen MR) is 262 cm³/mol. The number of hydrogen-bond acceptors (Lipinski definition) is 2. The van der Waals surface area contributed by atoms with Gasteiger partial charge in [-0.25, -0.2) is 0 Å². The molecule has 0 fully saturated rings. The minimum atomic E-state index is -0.627. The van der Waals surface area contributed by atoms with Gasteiger partial charge < -0.3 is 9.32 Å². The molecule has 12 rings (SSSR count). The molecule has 0 saturated heterocycles. The summed E-state index contributed by atoms with van der Waals surface area (Å²) in [4.78, 5) is 2.39. The van der Waals surface area contributed by atoms with Crippen LogP contribution in [0.2, 0.25) is 0 Å². The Morgan fingerprint density at radius 2 is 0.778 bits per heavy atom. The molecule has 63 heavy (non-hydrogen) atoms. The lowest BCUT2D eigenvalue weighted by Crippen LogP contribution is -2.28. The monoisotopic (exact) mass is 803 g/mol. The zero-order chi connectivity index (χ0) is 41.7. The lowest BCUT2D eigenvalue weighted by molar-refractivity contribution is 0.666. The van der Waals surface area contributed by atoms with Gasteiger partial charge in [0.05, 0.1) is 5.41 Å². The van der Waals surface area contributed by atoms with Gasteiger partial charge in [0, 0.05) is 33.4 Å². The first kappa shape index (κ1) is 36.6. The molecule has 2 nitrogen and oxygen atoms in total. The summed E-state index contributed by atoms with van der Waals surface area (Å²) in [5.41, 5.74) is 18.9. The van der Waals surface area contributed by atoms with E-state index in [0.717, 1.165) is 44.6 Å². The second kappa shape index (κ2) is 15.1. The summed E-state index contributed by atoms with van der Waals surface area (Å²) in [5.74, 6) is 0. The van der Waals surface area contributed by atoms with Crippen molar-refractivity contribution in [1.29, 1.82) is 0 Å². The SMILES string of the molecule is c1ccc(-c2ccc(-c3ccc(N(c4ccccc4)c4ccc5c(c4)-c4c(cc6oc7ccccc7c6c4-c4ccccc4)C5(c4ccccc4)c4ccccc4)cc3)cc2)cc1. The van der Waals surface area contributed by atoms with Crippen molar-refractivity contribution < 1.29 is 4.42 Å². The summed E-state index contributed by atoms with van der Waals surface area (Å²) in [5, 5.41) is 2.25. The molecule has 1 aromatic heterocycles. The van der Waals surface area contributed by atoms with Gasteiger partial charge in [0.1, 0.15) is 11.2 Å². The quantitative estimate of drug-likeness (QED) is 0.152. The van der Waals surface area contributed by atoms with Crippen molar-refractivity contribution in [3.63, 3.8) is 0 Å². The summed E-state index contributed by atoms with van der Waals surface area (Å²) < 4.78 is 6.84. The van der Waals surface area contributed by atoms with E-state index in [1.54, 1.807) is 0 Å². The highest BCUT2D eigenvalue weighted by Gasteiger charge is 2.48. The van der Waals surface area contributed by atoms with E-state index < -0.39 is 5.41 Å². The first-order valence-corrected chi connectivity index (χ1v) is 21.7. The highest BCUT2D eigenvalue weighted by atomic mass is 16.3. The molecule has 1 heterocycles. The van der Waals surface area contributed by atoms with E-state index in [1.165, 1.54) is 61.2 Å². The Hall–Kier alpha value is -8.20. The van der Waals surface area contributed by atoms with Crippen LogP contribution in [0, 0.1) is 0 Å². The van der Waals surface area contributed by atoms with Gasteiger partial charge in [0.25, 0.3) is 0 Å². The fraction of sp³-hybridized carbons (Fsp3) is 0.0164. The van der Waals surface area contributed by atoms with E-state index in [0.29, 0.717) is 0 Å². The summed E-state index contributed by atoms with van der Waals surface area (Å²) in [7, 11) is 0. The van der Waals surface area contributed by atoms with Crippen LogP contribution in [-0.2, 0) is 5.41 Å². The third-order valence-corrected chi connectivity index (χ3v) is 12.9. The molecule has 0 aliphatic heterocycles. The smallest absolute Gasteiger partial charge is 0.136 e. The summed E-state index contributed by atoms with van der Waals surface area (Å²) in [6, 6.07) is 90.1. The minimum absolute atomic E-state index is 0.627. The van der Waals surface area contributed by atoms with Gasteiger partial charge >= 0.3 is 0 Å². The van der Waals surface area contributed by atoms with Crippen molar-refractivity contribution in [3.8, 4) is 44.5 Å². The van der Waals surface area contributed by atoms with Gasteiger partial charge in [-0.2, -0.15) is 0 Å². The van der Waals surface area contributed by atoms with Crippen molar-refractivity contribution in [3.05, 3.63) is 271 Å². The van der Waals surface area contributed by atoms with E-state index in [2.05, 4.69) is 254 Å². The van der Waals surface area contributed by atoms with Gasteiger partial charge in [0.2, 0.25) is 0 Å². The average Bonchev–Trinajstić information content (AvgIpc) is 3.88. The Labute approximate surface area is 367 Å². The Kier molecular flexibility index (Phi) is 8.76. The van der Waals surface area contributed by atoms with Crippen LogP contribution in [0.25, 0.3) is 66.4 Å². The Morgan fingerprint density at radius 1 is 0.317 bits per heavy atom. The summed E-state index contributed by atoms with van der Waals surface area (Å²) in [6.07, 6.45) is 0. The maximum atomic E-state index is 6.84. The standard InChI is InChI=1S/C61H41NO/c1-6-18-42(19-7-1)43-30-32-44(33-31-43)45-34-36-50(37-35-45)62(49-26-14-5-15-27-49)51-38-39-54-53(40-51)59-55(61(54,47-22-10-3-11-23-47)48-24-12-4-13-25-48)41-57-60(52-28-16-17-29-56(52)63-57)58(59)46-20-8-2-9-21-46/h1-41H. The number of hydrogen-bond donors (Lipinski definition) is 0. The summed E-state index contributed by atoms with van der Waals surface area (Å²) in [6.45, 7) is 0. The van der Waals surface area contributed by atoms with Crippen molar-refractivity contribution in [2.75, 3.05) is 4.90 Å². The second-order valence-corrected chi connectivity index (χ2v) is 16.4. The van der Waals surface area contributed by atoms with Crippen LogP contribution in [0.1, 0.15) is 22.3 Å². The van der Waals surface area contributed by atoms with E-state index in [1.807, 2.05) is 0 Å². The molecule has 11 aromatic rings. The van der Waals surface area contributed by atoms with Gasteiger partial charge in [0.15, 0.2) is 0 Å². The fourth-order valence-corrected chi connectivity index (χ4v) is 10.2. The van der Waals surface area contributed by atoms with Crippen LogP contribution in [-0.4, -0.2) is 0 Å². The molecule has 296 valence electrons. The van der Waals surface area contributed by atoms with Crippen LogP contribution in [0.5, 0.6) is 0 Å². The number of para-hydroxylation sites is 2. The maximum absolute atomic E-state index is 6.84. The van der Waals surface area contributed by atoms with Crippen LogP contribution >= 0.6 is 0 Å². The molecule has 2 heteroatoms. The zero-order valence-corrected chi connectivity index (χ0v) is 34.5. The van der Waals surface area contributed by atoms with Crippen molar-refractivity contribution in [1.82, 2.24) is 0 Å². The number of nitrogens with zero attached hydrogens (tertiary/aromatic N) is 1. The largest absolute Gasteiger partial charge is 0.456 e. The summed E-state index contributed by atoms with van der Waals surface area (Å²) >= 11 is 0. The Balaban J connectivity index is 1.10. The lowest BCUT2D eigenvalue weighted by Gasteiger charge is -2.34. The predicted octanol–water partition coefficient (Wildman–Crippen LogP) is 16.4. The Bertz CT molecular complexity index is 3360. The third-order valence-electron chi connectivity index (χ3n) is 12.9. The topological polar surface area (TPSA) is 16.4 Å². The molecule has 0 spiro atoms. The number of fused-ring (bicyclic) bond motifs is 6. The molecule has 1 aliphatic carbocycles. The van der Waals surface area contributed by atoms with Crippen LogP contribution in [0.15, 0.2) is 253 Å². The first-order valence-electron chi connectivity index (χ1n) is 21.7. The highest BCUT2D eigenvalue weighted by Crippen LogP contribution is 2.61. The van der Waals surface area contributed by atoms with Crippen molar-refractivity contribution in [2.45, 2.75) is 5.41 Å². The van der Waals surface area contributed by atoms with Crippen molar-refractivity contribution >= 4 is 39.0 Å². The molecule has 1 aliphatic rings. The van der Waals surface area contributed by atoms with E-state index in [4.69, 9.17) is 4.42 Å². The molecular formula is C61H41NO. The van der Waals surface area contributed by atoms with E-state index in [9.17, 15) is 0 Å². The average molecular weight is 804 g/mol. The maximum Gasteiger partial charge on any atom is 0.136 e. The minimum Gasteiger partial charge on any atom is -0.456 e. The Morgan fingerprint density at radius 3 is 1.38 bits per heavy atom. The van der Waals surface area contributed by atoms with E-state index >= 15 is 0 Å². The molecule has 0 radical (unpaired) electrons. The van der Waals surface area contributed by atoms with Crippen LogP contribution in [0.3, 0.4) is 0 Å². The molecule has 0 atom stereocenters. The second-order valence-electron chi connectivity index (χ2n) is 16.4. The molecule has 0 N–H and O–H groups in total. The number of rotatable bonds is 8. The van der Waals surface area contributed by atoms with E-state index in [-0.39, 0.29) is 0 Å². The third kappa shape index (κ3) is 5.95. The van der Waals surface area contributed by atoms with Gasteiger partial charge in [-0.3, -0.25) is 0 Å². The molecular weight excluding hydrogens is 763 g/mol. The van der Waals surface area contributed by atoms with Crippen LogP contribution < -0.4 is 4.90 Å². The highest BCUT2D eigenvalue weighted by molar-refractivity contribution is 6.18. The fourth-order valence-electron chi connectivity index (χ4n) is 10.2. The number of furan rings is 1. The van der Waals surface area contributed by atoms with Crippen molar-refractivity contribution in [2.24, 2.45) is 0 Å². The van der Waals surface area contributed by atoms with Gasteiger partial charge in [-0.1, -0.05) is 200 Å². The number of benzene rings is 10. The normalized spacial score (nSPS) is 12.6. The number of anilines is 3. The first-order chi connectivity index (χ1) is 31.3.